The molecule has 1 amide bonds. The molecule has 3 rings (SSSR count). The Balaban J connectivity index is 1.85. The molecule has 0 radical (unpaired) electrons. The highest BCUT2D eigenvalue weighted by atomic mass is 32.2. The number of methoxy groups -OCH3 is 1. The second-order valence-electron chi connectivity index (χ2n) is 7.53. The fourth-order valence-electron chi connectivity index (χ4n) is 4.00. The number of ether oxygens (including phenoxy) is 3. The molecule has 32 heavy (non-hydrogen) atoms. The van der Waals surface area contributed by atoms with Crippen molar-refractivity contribution in [3.05, 3.63) is 41.7 Å². The molecule has 1 saturated carbocycles. The number of hydrogen-bond acceptors (Lipinski definition) is 8. The van der Waals surface area contributed by atoms with Crippen LogP contribution in [0.5, 0.6) is 11.5 Å². The van der Waals surface area contributed by atoms with Crippen LogP contribution < -0.4 is 14.8 Å². The van der Waals surface area contributed by atoms with E-state index in [1.807, 2.05) is 31.4 Å². The summed E-state index contributed by atoms with van der Waals surface area (Å²) in [6, 6.07) is 5.64. The van der Waals surface area contributed by atoms with Gasteiger partial charge in [0.2, 0.25) is 0 Å². The van der Waals surface area contributed by atoms with Gasteiger partial charge < -0.3 is 19.5 Å². The SMILES string of the molecule is CCOc1cc([C@H]2C[C@H](OC(C)=O)CC[C@H]2NC(=O)c2cnc(SC)nc2)ccc1OC. The number of nitrogens with zero attached hydrogens (tertiary/aromatic N) is 2. The van der Waals surface area contributed by atoms with E-state index in [2.05, 4.69) is 15.3 Å². The summed E-state index contributed by atoms with van der Waals surface area (Å²) in [7, 11) is 1.60. The fourth-order valence-corrected chi connectivity index (χ4v) is 4.31. The van der Waals surface area contributed by atoms with Crippen molar-refractivity contribution in [2.24, 2.45) is 0 Å². The van der Waals surface area contributed by atoms with Gasteiger partial charge in [-0.1, -0.05) is 17.8 Å². The van der Waals surface area contributed by atoms with Crippen LogP contribution in [0.4, 0.5) is 0 Å². The first-order valence-electron chi connectivity index (χ1n) is 10.6. The van der Waals surface area contributed by atoms with Crippen molar-refractivity contribution in [3.8, 4) is 11.5 Å². The van der Waals surface area contributed by atoms with Gasteiger partial charge in [-0.25, -0.2) is 9.97 Å². The average Bonchev–Trinajstić information content (AvgIpc) is 2.80. The van der Waals surface area contributed by atoms with Gasteiger partial charge in [-0.3, -0.25) is 9.59 Å². The molecular formula is C23H29N3O5S. The van der Waals surface area contributed by atoms with Gasteiger partial charge in [0.1, 0.15) is 6.10 Å². The molecule has 3 atom stereocenters. The number of aromatic nitrogens is 2. The van der Waals surface area contributed by atoms with Gasteiger partial charge in [0.25, 0.3) is 5.91 Å². The predicted octanol–water partition coefficient (Wildman–Crippen LogP) is 3.60. The van der Waals surface area contributed by atoms with Crippen LogP contribution in [0, 0.1) is 0 Å². The third kappa shape index (κ3) is 5.91. The second-order valence-corrected chi connectivity index (χ2v) is 8.31. The topological polar surface area (TPSA) is 99.6 Å². The number of esters is 1. The average molecular weight is 460 g/mol. The van der Waals surface area contributed by atoms with Gasteiger partial charge in [0, 0.05) is 31.3 Å². The standard InChI is InChI=1S/C23H29N3O5S/c1-5-30-21-10-15(6-9-20(21)29-3)18-11-17(31-14(2)27)7-8-19(18)26-22(28)16-12-24-23(32-4)25-13-16/h6,9-10,12-13,17-19H,5,7-8,11H2,1-4H3,(H,26,28)/t17-,18-,19-/m1/s1. The molecule has 1 aromatic heterocycles. The zero-order valence-electron chi connectivity index (χ0n) is 18.8. The van der Waals surface area contributed by atoms with Crippen LogP contribution in [0.1, 0.15) is 54.9 Å². The summed E-state index contributed by atoms with van der Waals surface area (Å²) in [4.78, 5) is 32.8. The Hall–Kier alpha value is -2.81. The molecule has 2 aromatic rings. The van der Waals surface area contributed by atoms with Crippen molar-refractivity contribution in [2.45, 2.75) is 56.3 Å². The van der Waals surface area contributed by atoms with Gasteiger partial charge >= 0.3 is 5.97 Å². The maximum atomic E-state index is 12.9. The first-order chi connectivity index (χ1) is 15.4. The Bertz CT molecular complexity index is 938. The molecule has 0 unspecified atom stereocenters. The minimum atomic E-state index is -0.299. The van der Waals surface area contributed by atoms with E-state index < -0.39 is 0 Å². The number of benzene rings is 1. The summed E-state index contributed by atoms with van der Waals surface area (Å²) < 4.78 is 16.6. The fraction of sp³-hybridized carbons (Fsp3) is 0.478. The molecule has 1 aliphatic rings. The number of hydrogen-bond donors (Lipinski definition) is 1. The summed E-state index contributed by atoms with van der Waals surface area (Å²) in [6.45, 7) is 3.84. The highest BCUT2D eigenvalue weighted by Gasteiger charge is 2.34. The normalized spacial score (nSPS) is 20.3. The van der Waals surface area contributed by atoms with E-state index in [4.69, 9.17) is 14.2 Å². The molecule has 172 valence electrons. The molecule has 9 heteroatoms. The van der Waals surface area contributed by atoms with E-state index in [-0.39, 0.29) is 29.9 Å². The quantitative estimate of drug-likeness (QED) is 0.363. The molecule has 0 spiro atoms. The summed E-state index contributed by atoms with van der Waals surface area (Å²) >= 11 is 1.42. The lowest BCUT2D eigenvalue weighted by Crippen LogP contribution is -2.44. The van der Waals surface area contributed by atoms with Crippen molar-refractivity contribution >= 4 is 23.6 Å². The third-order valence-corrected chi connectivity index (χ3v) is 6.02. The number of thioether (sulfide) groups is 1. The van der Waals surface area contributed by atoms with Gasteiger partial charge in [0.15, 0.2) is 16.7 Å². The lowest BCUT2D eigenvalue weighted by Gasteiger charge is -2.36. The van der Waals surface area contributed by atoms with Crippen LogP contribution in [-0.2, 0) is 9.53 Å². The highest BCUT2D eigenvalue weighted by Crippen LogP contribution is 2.38. The summed E-state index contributed by atoms with van der Waals surface area (Å²) in [6.07, 6.45) is 6.71. The van der Waals surface area contributed by atoms with Gasteiger partial charge in [-0.15, -0.1) is 0 Å². The zero-order valence-corrected chi connectivity index (χ0v) is 19.6. The Labute approximate surface area is 192 Å². The minimum Gasteiger partial charge on any atom is -0.493 e. The molecule has 0 aliphatic heterocycles. The number of rotatable bonds is 8. The third-order valence-electron chi connectivity index (χ3n) is 5.44. The summed E-state index contributed by atoms with van der Waals surface area (Å²) in [5.74, 6) is 0.709. The number of carbonyl (C=O) groups is 2. The van der Waals surface area contributed by atoms with Crippen molar-refractivity contribution in [1.82, 2.24) is 15.3 Å². The van der Waals surface area contributed by atoms with Crippen molar-refractivity contribution in [2.75, 3.05) is 20.0 Å². The van der Waals surface area contributed by atoms with E-state index in [0.29, 0.717) is 48.1 Å². The number of nitrogens with one attached hydrogen (secondary N) is 1. The Morgan fingerprint density at radius 1 is 1.19 bits per heavy atom. The predicted molar refractivity (Wildman–Crippen MR) is 121 cm³/mol. The lowest BCUT2D eigenvalue weighted by molar-refractivity contribution is -0.148. The maximum Gasteiger partial charge on any atom is 0.302 e. The smallest absolute Gasteiger partial charge is 0.302 e. The van der Waals surface area contributed by atoms with Crippen LogP contribution >= 0.6 is 11.8 Å². The Kier molecular flexibility index (Phi) is 8.33. The molecule has 1 heterocycles. The Morgan fingerprint density at radius 3 is 2.56 bits per heavy atom. The van der Waals surface area contributed by atoms with E-state index in [0.717, 1.165) is 5.56 Å². The molecule has 1 N–H and O–H groups in total. The molecule has 8 nitrogen and oxygen atoms in total. The lowest BCUT2D eigenvalue weighted by atomic mass is 9.78. The van der Waals surface area contributed by atoms with Crippen molar-refractivity contribution in [3.63, 3.8) is 0 Å². The van der Waals surface area contributed by atoms with Crippen molar-refractivity contribution in [1.29, 1.82) is 0 Å². The first-order valence-corrected chi connectivity index (χ1v) is 11.8. The molecule has 1 aliphatic carbocycles. The number of amides is 1. The minimum absolute atomic E-state index is 0.0615. The van der Waals surface area contributed by atoms with Crippen LogP contribution in [0.15, 0.2) is 35.7 Å². The summed E-state index contributed by atoms with van der Waals surface area (Å²) in [5, 5.41) is 3.75. The molecular weight excluding hydrogens is 430 g/mol. The molecule has 1 fully saturated rings. The Morgan fingerprint density at radius 2 is 1.94 bits per heavy atom. The van der Waals surface area contributed by atoms with Crippen LogP contribution in [0.3, 0.4) is 0 Å². The molecule has 0 bridgehead atoms. The molecule has 0 saturated heterocycles. The van der Waals surface area contributed by atoms with Crippen LogP contribution in [0.25, 0.3) is 0 Å². The van der Waals surface area contributed by atoms with Crippen LogP contribution in [-0.4, -0.2) is 54.0 Å². The summed E-state index contributed by atoms with van der Waals surface area (Å²) in [5.41, 5.74) is 1.40. The van der Waals surface area contributed by atoms with Crippen molar-refractivity contribution < 1.29 is 23.8 Å². The van der Waals surface area contributed by atoms with Gasteiger partial charge in [-0.2, -0.15) is 0 Å². The van der Waals surface area contributed by atoms with Crippen LogP contribution in [0.2, 0.25) is 0 Å². The van der Waals surface area contributed by atoms with E-state index >= 15 is 0 Å². The monoisotopic (exact) mass is 459 g/mol. The van der Waals surface area contributed by atoms with E-state index in [1.165, 1.54) is 31.1 Å². The molecule has 1 aromatic carbocycles. The second kappa shape index (κ2) is 11.2. The first kappa shape index (κ1) is 23.8. The van der Waals surface area contributed by atoms with Gasteiger partial charge in [-0.05, 0) is 50.1 Å². The largest absolute Gasteiger partial charge is 0.493 e. The zero-order chi connectivity index (χ0) is 23.1. The van der Waals surface area contributed by atoms with E-state index in [1.54, 1.807) is 7.11 Å². The van der Waals surface area contributed by atoms with Gasteiger partial charge in [0.05, 0.1) is 19.3 Å². The highest BCUT2D eigenvalue weighted by molar-refractivity contribution is 7.98. The number of carbonyl (C=O) groups excluding carboxylic acids is 2. The maximum absolute atomic E-state index is 12.9. The van der Waals surface area contributed by atoms with E-state index in [9.17, 15) is 9.59 Å².